The Kier molecular flexibility index (Phi) is 9.53. The Morgan fingerprint density at radius 3 is 2.60 bits per heavy atom. The third-order valence-electron chi connectivity index (χ3n) is 6.23. The normalized spacial score (nSPS) is 23.3. The molecule has 1 aliphatic heterocycles. The van der Waals surface area contributed by atoms with E-state index in [1.807, 2.05) is 0 Å². The number of fused-ring (bicyclic) bond motifs is 1. The van der Waals surface area contributed by atoms with Crippen molar-refractivity contribution in [3.63, 3.8) is 0 Å². The zero-order valence-electron chi connectivity index (χ0n) is 23.8. The summed E-state index contributed by atoms with van der Waals surface area (Å²) in [7, 11) is 0.767. The Morgan fingerprint density at radius 2 is 1.95 bits per heavy atom. The molecule has 1 aromatic carbocycles. The molecule has 1 unspecified atom stereocenters. The highest BCUT2D eigenvalue weighted by atomic mass is 31.1. The van der Waals surface area contributed by atoms with Crippen LogP contribution in [0.3, 0.4) is 0 Å². The topological polar surface area (TPSA) is 169 Å². The largest absolute Gasteiger partial charge is 0.574 e. The monoisotopic (exact) mass is 611 g/mol. The lowest BCUT2D eigenvalue weighted by atomic mass is 9.99. The lowest BCUT2D eigenvalue weighted by molar-refractivity contribution is -0.169. The minimum absolute atomic E-state index is 0.0111. The molecule has 228 valence electrons. The van der Waals surface area contributed by atoms with Gasteiger partial charge in [-0.05, 0) is 52.0 Å². The molecule has 0 bridgehead atoms. The van der Waals surface area contributed by atoms with Crippen LogP contribution in [0.1, 0.15) is 33.9 Å². The summed E-state index contributed by atoms with van der Waals surface area (Å²) >= 11 is 0. The first kappa shape index (κ1) is 31.4. The van der Waals surface area contributed by atoms with E-state index in [4.69, 9.17) is 18.7 Å². The predicted molar refractivity (Wildman–Crippen MR) is 145 cm³/mol. The smallest absolute Gasteiger partial charge is 0.412 e. The minimum Gasteiger partial charge on any atom is -0.574 e. The number of ether oxygens (including phenoxy) is 3. The first-order chi connectivity index (χ1) is 19.8. The number of esters is 1. The highest BCUT2D eigenvalue weighted by Crippen LogP contribution is 2.41. The first-order valence-electron chi connectivity index (χ1n) is 12.9. The zero-order chi connectivity index (χ0) is 30.8. The van der Waals surface area contributed by atoms with Crippen LogP contribution < -0.4 is 24.5 Å². The minimum atomic E-state index is -2.54. The number of hydrogen-bond acceptors (Lipinski definition) is 12. The van der Waals surface area contributed by atoms with E-state index < -0.39 is 50.4 Å². The maximum Gasteiger partial charge on any atom is 0.412 e. The van der Waals surface area contributed by atoms with Crippen LogP contribution >= 0.6 is 8.17 Å². The van der Waals surface area contributed by atoms with Crippen LogP contribution in [0.25, 0.3) is 11.2 Å². The molecule has 6 atom stereocenters. The number of nitrogens with one attached hydrogen (secondary N) is 1. The van der Waals surface area contributed by atoms with Crippen LogP contribution in [0.15, 0.2) is 35.4 Å². The fourth-order valence-corrected chi connectivity index (χ4v) is 4.67. The third kappa shape index (κ3) is 6.90. The number of imidazole rings is 1. The maximum atomic E-state index is 15.3. The number of halogens is 2. The van der Waals surface area contributed by atoms with E-state index in [0.717, 1.165) is 0 Å². The molecule has 3 aromatic rings. The van der Waals surface area contributed by atoms with Gasteiger partial charge in [0.15, 0.2) is 35.1 Å². The average molecular weight is 612 g/mol. The van der Waals surface area contributed by atoms with Gasteiger partial charge in [-0.15, -0.1) is 0 Å². The number of hydrogen-bond donors (Lipinski definition) is 2. The lowest BCUT2D eigenvalue weighted by Crippen LogP contribution is -2.44. The summed E-state index contributed by atoms with van der Waals surface area (Å²) in [5, 5.41) is 10.7. The zero-order valence-corrected chi connectivity index (χ0v) is 24.7. The van der Waals surface area contributed by atoms with E-state index in [1.54, 1.807) is 32.8 Å². The van der Waals surface area contributed by atoms with Gasteiger partial charge in [0, 0.05) is 18.9 Å². The molecule has 1 saturated heterocycles. The standard InChI is InChI=1S/C25H32F2N7O7P/c1-13(2)39-23(36)14(3)31-32-42(37)41-16-9-7-15(8-10-16)38-11-25(4)19(35)17(26)22(40-25)34-12-28-18-20(33(5)6)29-24(27)30-21(18)34/h7-10,12-14,17,19,22,31,35H,11H2,1-6H3/t14-,17+,19-,22+,25+/m0/s1. The highest BCUT2D eigenvalue weighted by Gasteiger charge is 2.54. The van der Waals surface area contributed by atoms with Gasteiger partial charge < -0.3 is 29.1 Å². The SMILES string of the molecule is CC(C)OC(=O)[C@H](C)N/N=[P+](\[O-])Oc1ccc(OC[C@@]2(C)O[C@@H](n3cnc4c(N(C)C)nc(F)nc43)[C@H](F)[C@@H]2O)cc1. The second kappa shape index (κ2) is 12.8. The molecule has 14 nitrogen and oxygen atoms in total. The summed E-state index contributed by atoms with van der Waals surface area (Å²) in [5.41, 5.74) is 1.19. The van der Waals surface area contributed by atoms with Gasteiger partial charge >= 0.3 is 20.2 Å². The Labute approximate surface area is 241 Å². The maximum absolute atomic E-state index is 15.3. The number of anilines is 1. The van der Waals surface area contributed by atoms with E-state index in [0.29, 0.717) is 5.75 Å². The van der Waals surface area contributed by atoms with Crippen molar-refractivity contribution in [1.29, 1.82) is 0 Å². The second-order valence-corrected chi connectivity index (χ2v) is 11.1. The number of aliphatic hydroxyl groups is 1. The van der Waals surface area contributed by atoms with Crippen molar-refractivity contribution < 1.29 is 42.3 Å². The summed E-state index contributed by atoms with van der Waals surface area (Å²) in [4.78, 5) is 40.8. The Hall–Kier alpha value is -3.56. The van der Waals surface area contributed by atoms with Gasteiger partial charge in [0.2, 0.25) is 0 Å². The van der Waals surface area contributed by atoms with E-state index in [2.05, 4.69) is 25.2 Å². The van der Waals surface area contributed by atoms with Crippen LogP contribution in [-0.2, 0) is 14.3 Å². The molecule has 1 fully saturated rings. The van der Waals surface area contributed by atoms with Crippen LogP contribution in [0.5, 0.6) is 11.5 Å². The number of carbonyl (C=O) groups excluding carboxylic acids is 1. The van der Waals surface area contributed by atoms with E-state index in [9.17, 15) is 19.2 Å². The fraction of sp³-hybridized carbons (Fsp3) is 0.520. The molecule has 1 aliphatic rings. The van der Waals surface area contributed by atoms with Gasteiger partial charge in [0.05, 0.1) is 12.4 Å². The van der Waals surface area contributed by atoms with E-state index in [-0.39, 0.29) is 35.4 Å². The van der Waals surface area contributed by atoms with Crippen molar-refractivity contribution in [1.82, 2.24) is 24.9 Å². The summed E-state index contributed by atoms with van der Waals surface area (Å²) in [6.45, 7) is 6.16. The average Bonchev–Trinajstić information content (AvgIpc) is 3.44. The fourth-order valence-electron chi connectivity index (χ4n) is 4.06. The lowest BCUT2D eigenvalue weighted by Gasteiger charge is -2.27. The Balaban J connectivity index is 1.38. The van der Waals surface area contributed by atoms with Crippen LogP contribution in [0.4, 0.5) is 14.6 Å². The third-order valence-corrected chi connectivity index (χ3v) is 6.88. The number of nitrogens with zero attached hydrogens (tertiary/aromatic N) is 6. The van der Waals surface area contributed by atoms with Crippen LogP contribution in [0.2, 0.25) is 0 Å². The van der Waals surface area contributed by atoms with Gasteiger partial charge in [-0.25, -0.2) is 9.37 Å². The summed E-state index contributed by atoms with van der Waals surface area (Å²) in [5.74, 6) is 0.192. The van der Waals surface area contributed by atoms with Gasteiger partial charge in [0.1, 0.15) is 30.1 Å². The molecule has 0 saturated carbocycles. The molecule has 2 aromatic heterocycles. The molecule has 0 spiro atoms. The quantitative estimate of drug-likeness (QED) is 0.141. The molecule has 0 amide bonds. The molecule has 0 aliphatic carbocycles. The van der Waals surface area contributed by atoms with Crippen molar-refractivity contribution in [2.24, 2.45) is 4.85 Å². The summed E-state index contributed by atoms with van der Waals surface area (Å²) in [6.07, 6.45) is -4.92. The van der Waals surface area contributed by atoms with Crippen LogP contribution in [-0.4, -0.2) is 81.3 Å². The number of rotatable bonds is 11. The number of aromatic nitrogens is 4. The number of carbonyl (C=O) groups is 1. The molecule has 17 heteroatoms. The van der Waals surface area contributed by atoms with Gasteiger partial charge in [-0.3, -0.25) is 13.9 Å². The van der Waals surface area contributed by atoms with Crippen molar-refractivity contribution in [3.8, 4) is 11.5 Å². The first-order valence-corrected chi connectivity index (χ1v) is 14.0. The Bertz CT molecular complexity index is 1440. The van der Waals surface area contributed by atoms with Crippen LogP contribution in [0, 0.1) is 6.08 Å². The molecule has 0 radical (unpaired) electrons. The van der Waals surface area contributed by atoms with Gasteiger partial charge in [-0.1, -0.05) is 0 Å². The van der Waals surface area contributed by atoms with Crippen molar-refractivity contribution in [2.75, 3.05) is 25.6 Å². The highest BCUT2D eigenvalue weighted by molar-refractivity contribution is 7.33. The molecule has 42 heavy (non-hydrogen) atoms. The van der Waals surface area contributed by atoms with Gasteiger partial charge in [-0.2, -0.15) is 19.8 Å². The number of alkyl halides is 1. The Morgan fingerprint density at radius 1 is 1.29 bits per heavy atom. The second-order valence-electron chi connectivity index (χ2n) is 10.3. The number of aliphatic hydroxyl groups excluding tert-OH is 1. The predicted octanol–water partition coefficient (Wildman–Crippen LogP) is 2.18. The van der Waals surface area contributed by atoms with Crippen molar-refractivity contribution in [2.45, 2.75) is 63.9 Å². The molecular weight excluding hydrogens is 579 g/mol. The van der Waals surface area contributed by atoms with E-state index >= 15 is 4.39 Å². The van der Waals surface area contributed by atoms with E-state index in [1.165, 1.54) is 49.0 Å². The molecular formula is C25H32F2N7O7P. The molecule has 3 heterocycles. The summed E-state index contributed by atoms with van der Waals surface area (Å²) in [6, 6.07) is 5.14. The molecule has 2 N–H and O–H groups in total. The van der Waals surface area contributed by atoms with Crippen molar-refractivity contribution in [3.05, 3.63) is 36.7 Å². The summed E-state index contributed by atoms with van der Waals surface area (Å²) < 4.78 is 52.6. The number of benzene rings is 1. The molecule has 4 rings (SSSR count). The van der Waals surface area contributed by atoms with Gasteiger partial charge in [0.25, 0.3) is 0 Å². The van der Waals surface area contributed by atoms with Crippen molar-refractivity contribution >= 4 is 31.1 Å².